The molecule has 0 radical (unpaired) electrons. The van der Waals surface area contributed by atoms with Crippen LogP contribution in [0.3, 0.4) is 0 Å². The number of ether oxygens (including phenoxy) is 12. The second kappa shape index (κ2) is 23.4. The van der Waals surface area contributed by atoms with Crippen molar-refractivity contribution in [1.82, 2.24) is 0 Å². The molecule has 11 aliphatic rings. The molecular weight excluding hydrogens is 1110 g/mol. The van der Waals surface area contributed by atoms with Crippen LogP contribution in [0.15, 0.2) is 11.6 Å². The summed E-state index contributed by atoms with van der Waals surface area (Å²) in [5.41, 5.74) is -0.980. The zero-order valence-electron chi connectivity index (χ0n) is 49.2. The molecule has 4 saturated carbocycles. The Balaban J connectivity index is 0.870. The van der Waals surface area contributed by atoms with Crippen molar-refractivity contribution in [1.29, 1.82) is 0 Å². The lowest BCUT2D eigenvalue weighted by Gasteiger charge is -2.70. The van der Waals surface area contributed by atoms with Gasteiger partial charge in [-0.05, 0) is 100 Å². The summed E-state index contributed by atoms with van der Waals surface area (Å²) >= 11 is 0. The van der Waals surface area contributed by atoms with E-state index >= 15 is 0 Å². The summed E-state index contributed by atoms with van der Waals surface area (Å²) in [6, 6.07) is 0. The molecule has 7 saturated heterocycles. The van der Waals surface area contributed by atoms with Crippen molar-refractivity contribution in [2.24, 2.45) is 45.3 Å². The minimum Gasteiger partial charge on any atom is -0.394 e. The first kappa shape index (κ1) is 64.2. The van der Waals surface area contributed by atoms with Crippen molar-refractivity contribution in [3.63, 3.8) is 0 Å². The molecule has 26 heteroatoms. The molecule has 4 aliphatic carbocycles. The second-order valence-electron chi connectivity index (χ2n) is 28.2. The molecule has 0 aromatic carbocycles. The maximum Gasteiger partial charge on any atom is 0.187 e. The summed E-state index contributed by atoms with van der Waals surface area (Å²) in [5.74, 6) is -0.440. The van der Waals surface area contributed by atoms with Crippen LogP contribution in [0.25, 0.3) is 0 Å². The molecular formula is C58H94O26. The lowest BCUT2D eigenvalue weighted by Crippen LogP contribution is -2.68. The number of hydrogen-bond donors (Lipinski definition) is 14. The van der Waals surface area contributed by atoms with Gasteiger partial charge in [0.2, 0.25) is 0 Å². The van der Waals surface area contributed by atoms with Crippen LogP contribution in [0.4, 0.5) is 0 Å². The van der Waals surface area contributed by atoms with Crippen molar-refractivity contribution in [3.05, 3.63) is 11.6 Å². The third-order valence-electron chi connectivity index (χ3n) is 22.5. The Kier molecular flexibility index (Phi) is 17.9. The number of aliphatic hydroxyl groups is 14. The molecule has 7 aliphatic heterocycles. The van der Waals surface area contributed by atoms with Gasteiger partial charge in [0.1, 0.15) is 104 Å². The van der Waals surface area contributed by atoms with Gasteiger partial charge in [-0.25, -0.2) is 0 Å². The van der Waals surface area contributed by atoms with Crippen LogP contribution < -0.4 is 0 Å². The molecule has 0 amide bonds. The van der Waals surface area contributed by atoms with E-state index in [4.69, 9.17) is 56.8 Å². The number of allylic oxidation sites excluding steroid dienone is 1. The van der Waals surface area contributed by atoms with E-state index in [9.17, 15) is 71.5 Å². The normalized spacial score (nSPS) is 57.1. The highest BCUT2D eigenvalue weighted by atomic mass is 16.8. The molecule has 26 nitrogen and oxygen atoms in total. The average molecular weight is 1210 g/mol. The van der Waals surface area contributed by atoms with Crippen molar-refractivity contribution in [2.75, 3.05) is 33.0 Å². The minimum atomic E-state index is -2.04. The molecule has 3 unspecified atom stereocenters. The van der Waals surface area contributed by atoms with Gasteiger partial charge in [0, 0.05) is 24.2 Å². The van der Waals surface area contributed by atoms with E-state index in [1.54, 1.807) is 0 Å². The average Bonchev–Trinajstić information content (AvgIpc) is 1.44. The van der Waals surface area contributed by atoms with Crippen LogP contribution in [-0.2, 0) is 56.8 Å². The molecule has 84 heavy (non-hydrogen) atoms. The van der Waals surface area contributed by atoms with Gasteiger partial charge < -0.3 is 128 Å². The van der Waals surface area contributed by atoms with E-state index in [-0.39, 0.29) is 46.0 Å². The summed E-state index contributed by atoms with van der Waals surface area (Å²) in [7, 11) is 0. The monoisotopic (exact) mass is 1210 g/mol. The van der Waals surface area contributed by atoms with E-state index in [0.717, 1.165) is 44.1 Å². The smallest absolute Gasteiger partial charge is 0.187 e. The second-order valence-corrected chi connectivity index (χ2v) is 28.2. The Bertz CT molecular complexity index is 2330. The van der Waals surface area contributed by atoms with E-state index < -0.39 is 191 Å². The van der Waals surface area contributed by atoms with Crippen LogP contribution >= 0.6 is 0 Å². The van der Waals surface area contributed by atoms with Gasteiger partial charge in [0.05, 0.1) is 56.9 Å². The van der Waals surface area contributed by atoms with Gasteiger partial charge in [-0.3, -0.25) is 0 Å². The topological polar surface area (TPSA) is 394 Å². The zero-order chi connectivity index (χ0) is 60.7. The van der Waals surface area contributed by atoms with E-state index in [0.29, 0.717) is 19.4 Å². The summed E-state index contributed by atoms with van der Waals surface area (Å²) in [6.45, 7) is 14.8. The van der Waals surface area contributed by atoms with Crippen LogP contribution in [-0.4, -0.2) is 269 Å². The Morgan fingerprint density at radius 1 is 0.583 bits per heavy atom. The SMILES string of the molecule is CC(C)=C[C@H]1CC(C)(O)C2C3CC[C@@H]4[C@@]5(C)CC[C@H](O[C@@H]6OC[C@@H](O)[C@H](O[C@@H]7O[C@H](CO[C@@H]8O[C@H](CO)[C@@H](O)[C@H](O)[C@H]8O)[C@@H](O)[C@H](O)[C@H]7O[C@@H]7OC[C@@H](O)[C@H](O)[C@H]7O)[C@H]6O[C@@H]6O[C@@H](C)[C@H](O)[C@@H](O)[C@H]6O)C(C)(C)[C@@H]5CC[C@@]4(C)[C@@]34CO[C@@]2(C4)O1. The van der Waals surface area contributed by atoms with Crippen molar-refractivity contribution < 1.29 is 128 Å². The fourth-order valence-electron chi connectivity index (χ4n) is 18.3. The first-order chi connectivity index (χ1) is 39.4. The Morgan fingerprint density at radius 2 is 1.21 bits per heavy atom. The van der Waals surface area contributed by atoms with Crippen molar-refractivity contribution in [3.8, 4) is 0 Å². The quantitative estimate of drug-likeness (QED) is 0.0658. The fraction of sp³-hybridized carbons (Fsp3) is 0.966. The molecule has 2 bridgehead atoms. The van der Waals surface area contributed by atoms with Gasteiger partial charge in [0.15, 0.2) is 37.2 Å². The van der Waals surface area contributed by atoms with E-state index in [2.05, 4.69) is 33.8 Å². The Hall–Kier alpha value is -1.30. The van der Waals surface area contributed by atoms with Gasteiger partial charge in [-0.1, -0.05) is 39.3 Å². The summed E-state index contributed by atoms with van der Waals surface area (Å²) in [6.07, 6.45) is -31.8. The highest BCUT2D eigenvalue weighted by molar-refractivity contribution is 5.27. The van der Waals surface area contributed by atoms with Crippen LogP contribution in [0, 0.1) is 45.3 Å². The molecule has 14 N–H and O–H groups in total. The number of aliphatic hydroxyl groups excluding tert-OH is 13. The number of rotatable bonds is 13. The predicted octanol–water partition coefficient (Wildman–Crippen LogP) is -2.72. The van der Waals surface area contributed by atoms with E-state index in [1.807, 2.05) is 20.8 Å². The third-order valence-corrected chi connectivity index (χ3v) is 22.5. The molecule has 0 aromatic rings. The highest BCUT2D eigenvalue weighted by Crippen LogP contribution is 2.80. The lowest BCUT2D eigenvalue weighted by molar-refractivity contribution is -0.401. The third kappa shape index (κ3) is 10.5. The maximum absolute atomic E-state index is 12.3. The number of hydrogen-bond acceptors (Lipinski definition) is 26. The Morgan fingerprint density at radius 3 is 1.93 bits per heavy atom. The van der Waals surface area contributed by atoms with Crippen LogP contribution in [0.1, 0.15) is 107 Å². The highest BCUT2D eigenvalue weighted by Gasteiger charge is 2.81. The largest absolute Gasteiger partial charge is 0.394 e. The summed E-state index contributed by atoms with van der Waals surface area (Å²) in [4.78, 5) is 0. The summed E-state index contributed by atoms with van der Waals surface area (Å²) < 4.78 is 75.5. The molecule has 0 aromatic heterocycles. The number of fused-ring (bicyclic) bond motifs is 4. The molecule has 2 spiro atoms. The predicted molar refractivity (Wildman–Crippen MR) is 283 cm³/mol. The zero-order valence-corrected chi connectivity index (χ0v) is 49.2. The molecule has 34 atom stereocenters. The first-order valence-electron chi connectivity index (χ1n) is 30.3. The maximum atomic E-state index is 12.3. The van der Waals surface area contributed by atoms with Gasteiger partial charge in [-0.15, -0.1) is 0 Å². The minimum absolute atomic E-state index is 0.110. The molecule has 11 rings (SSSR count). The molecule has 7 heterocycles. The van der Waals surface area contributed by atoms with Crippen molar-refractivity contribution in [2.45, 2.75) is 272 Å². The first-order valence-corrected chi connectivity index (χ1v) is 30.3. The lowest BCUT2D eigenvalue weighted by atomic mass is 9.35. The standard InChI is InChI=1S/C58H94O26/c1-23(2)15-25-16-56(8,72)47-26-9-10-32-54(6)13-12-33(53(4,5)31(54)11-14-55(32,7)57(26)21-58(47,84-25)76-22-57)80-51-46(83-50-43(71)38(66)34(62)24(3)77-50)44(28(61)19-74-51)81-52-45(82-49-41(69)35(63)27(60)18-73-49)40(68)37(65)30(79-52)20-75-48-42(70)39(67)36(64)29(17-59)78-48/h15,24-52,59-72H,9-14,16-22H2,1-8H3/t24-,25-,26?,27+,28+,29+,30+,31-,32+,33-,34-,35-,36+,37+,38+,39-,40-,41+,42+,43+,44-,45+,46+,47?,48+,49-,50-,51-,52-,54-,55+,56?,57-,58-/m0/s1. The van der Waals surface area contributed by atoms with Crippen LogP contribution in [0.5, 0.6) is 0 Å². The van der Waals surface area contributed by atoms with Crippen LogP contribution in [0.2, 0.25) is 0 Å². The van der Waals surface area contributed by atoms with Gasteiger partial charge >= 0.3 is 0 Å². The van der Waals surface area contributed by atoms with Crippen molar-refractivity contribution >= 4 is 0 Å². The summed E-state index contributed by atoms with van der Waals surface area (Å²) in [5, 5.41) is 154. The van der Waals surface area contributed by atoms with Gasteiger partial charge in [-0.2, -0.15) is 0 Å². The van der Waals surface area contributed by atoms with Gasteiger partial charge in [0.25, 0.3) is 0 Å². The molecule has 11 fully saturated rings. The van der Waals surface area contributed by atoms with E-state index in [1.165, 1.54) is 6.92 Å². The Labute approximate surface area is 488 Å². The fourth-order valence-corrected chi connectivity index (χ4v) is 18.3. The molecule has 482 valence electrons.